The second-order valence-corrected chi connectivity index (χ2v) is 3.50. The summed E-state index contributed by atoms with van der Waals surface area (Å²) in [6.07, 6.45) is 6.98. The van der Waals surface area contributed by atoms with Crippen molar-refractivity contribution in [1.82, 2.24) is 4.98 Å². The number of rotatable bonds is 5. The summed E-state index contributed by atoms with van der Waals surface area (Å²) in [6.45, 7) is 4.49. The van der Waals surface area contributed by atoms with Crippen molar-refractivity contribution in [2.24, 2.45) is 0 Å². The third kappa shape index (κ3) is 3.17. The average Bonchev–Trinajstić information content (AvgIpc) is 2.21. The Balaban J connectivity index is 2.56. The van der Waals surface area contributed by atoms with Gasteiger partial charge in [-0.15, -0.1) is 0 Å². The lowest BCUT2D eigenvalue weighted by atomic mass is 9.95. The van der Waals surface area contributed by atoms with Crippen molar-refractivity contribution >= 4 is 0 Å². The Labute approximate surface area is 81.2 Å². The summed E-state index contributed by atoms with van der Waals surface area (Å²) in [5.41, 5.74) is 1.26. The molecule has 0 aliphatic rings. The van der Waals surface area contributed by atoms with E-state index in [1.54, 1.807) is 0 Å². The highest BCUT2D eigenvalue weighted by Gasteiger charge is 2.08. The van der Waals surface area contributed by atoms with E-state index in [9.17, 15) is 0 Å². The summed E-state index contributed by atoms with van der Waals surface area (Å²) >= 11 is 0. The second kappa shape index (κ2) is 5.74. The van der Waals surface area contributed by atoms with Crippen LogP contribution in [0.25, 0.3) is 0 Å². The van der Waals surface area contributed by atoms with Crippen LogP contribution in [0.5, 0.6) is 0 Å². The molecule has 1 nitrogen and oxygen atoms in total. The smallest absolute Gasteiger partial charge is 0.0434 e. The normalized spacial score (nSPS) is 12.8. The van der Waals surface area contributed by atoms with Crippen molar-refractivity contribution in [2.45, 2.75) is 45.4 Å². The predicted molar refractivity (Wildman–Crippen MR) is 56.8 cm³/mol. The van der Waals surface area contributed by atoms with Crippen LogP contribution in [0, 0.1) is 0 Å². The monoisotopic (exact) mass is 177 g/mol. The van der Waals surface area contributed by atoms with Gasteiger partial charge in [-0.25, -0.2) is 0 Å². The van der Waals surface area contributed by atoms with Gasteiger partial charge >= 0.3 is 0 Å². The fourth-order valence-electron chi connectivity index (χ4n) is 1.63. The molecule has 1 rings (SSSR count). The number of pyridine rings is 1. The van der Waals surface area contributed by atoms with Gasteiger partial charge in [-0.2, -0.15) is 0 Å². The fraction of sp³-hybridized carbons (Fsp3) is 0.583. The van der Waals surface area contributed by atoms with Crippen LogP contribution in [0.4, 0.5) is 0 Å². The first-order chi connectivity index (χ1) is 6.38. The van der Waals surface area contributed by atoms with Gasteiger partial charge < -0.3 is 0 Å². The van der Waals surface area contributed by atoms with E-state index in [0.29, 0.717) is 5.92 Å². The first-order valence-corrected chi connectivity index (χ1v) is 5.29. The van der Waals surface area contributed by atoms with Gasteiger partial charge in [0.1, 0.15) is 0 Å². The molecule has 0 N–H and O–H groups in total. The molecule has 0 saturated heterocycles. The Morgan fingerprint density at radius 2 is 2.15 bits per heavy atom. The maximum Gasteiger partial charge on any atom is 0.0434 e. The molecule has 1 atom stereocenters. The molecule has 1 unspecified atom stereocenters. The van der Waals surface area contributed by atoms with Crippen molar-refractivity contribution in [3.8, 4) is 0 Å². The lowest BCUT2D eigenvalue weighted by Crippen LogP contribution is -1.99. The third-order valence-corrected chi connectivity index (χ3v) is 2.50. The third-order valence-electron chi connectivity index (χ3n) is 2.50. The molecule has 0 amide bonds. The molecule has 72 valence electrons. The summed E-state index contributed by atoms with van der Waals surface area (Å²) in [4.78, 5) is 4.40. The van der Waals surface area contributed by atoms with Crippen LogP contribution in [-0.4, -0.2) is 4.98 Å². The van der Waals surface area contributed by atoms with E-state index in [2.05, 4.69) is 31.0 Å². The Bertz CT molecular complexity index is 218. The van der Waals surface area contributed by atoms with Gasteiger partial charge in [0.15, 0.2) is 0 Å². The van der Waals surface area contributed by atoms with Gasteiger partial charge in [-0.3, -0.25) is 4.98 Å². The molecule has 0 bridgehead atoms. The van der Waals surface area contributed by atoms with Crippen LogP contribution in [-0.2, 0) is 0 Å². The molecule has 13 heavy (non-hydrogen) atoms. The maximum atomic E-state index is 4.40. The van der Waals surface area contributed by atoms with Gasteiger partial charge in [-0.05, 0) is 25.0 Å². The lowest BCUT2D eigenvalue weighted by molar-refractivity contribution is 0.557. The molecule has 1 aromatic rings. The van der Waals surface area contributed by atoms with E-state index < -0.39 is 0 Å². The maximum absolute atomic E-state index is 4.40. The standard InChI is InChI=1S/C12H19N/c1-3-5-8-11(4-2)12-9-6-7-10-13-12/h6-7,9-11H,3-5,8H2,1-2H3. The average molecular weight is 177 g/mol. The predicted octanol–water partition coefficient (Wildman–Crippen LogP) is 3.77. The number of nitrogens with zero attached hydrogens (tertiary/aromatic N) is 1. The largest absolute Gasteiger partial charge is 0.261 e. The summed E-state index contributed by atoms with van der Waals surface area (Å²) in [6, 6.07) is 6.21. The summed E-state index contributed by atoms with van der Waals surface area (Å²) in [5, 5.41) is 0. The molecular formula is C12H19N. The van der Waals surface area contributed by atoms with Crippen molar-refractivity contribution < 1.29 is 0 Å². The Morgan fingerprint density at radius 1 is 1.31 bits per heavy atom. The zero-order valence-electron chi connectivity index (χ0n) is 8.66. The minimum Gasteiger partial charge on any atom is -0.261 e. The molecule has 0 spiro atoms. The number of hydrogen-bond donors (Lipinski definition) is 0. The minimum absolute atomic E-state index is 0.668. The minimum atomic E-state index is 0.668. The van der Waals surface area contributed by atoms with Gasteiger partial charge in [0.25, 0.3) is 0 Å². The zero-order chi connectivity index (χ0) is 9.52. The van der Waals surface area contributed by atoms with Crippen molar-refractivity contribution in [2.75, 3.05) is 0 Å². The van der Waals surface area contributed by atoms with Crippen molar-refractivity contribution in [3.05, 3.63) is 30.1 Å². The van der Waals surface area contributed by atoms with E-state index >= 15 is 0 Å². The number of hydrogen-bond acceptors (Lipinski definition) is 1. The fourth-order valence-corrected chi connectivity index (χ4v) is 1.63. The van der Waals surface area contributed by atoms with Gasteiger partial charge in [0, 0.05) is 17.8 Å². The molecule has 0 aromatic carbocycles. The zero-order valence-corrected chi connectivity index (χ0v) is 8.66. The Kier molecular flexibility index (Phi) is 4.52. The van der Waals surface area contributed by atoms with Crippen LogP contribution in [0.2, 0.25) is 0 Å². The molecule has 1 heteroatoms. The second-order valence-electron chi connectivity index (χ2n) is 3.50. The molecule has 1 aromatic heterocycles. The Hall–Kier alpha value is -0.850. The molecule has 0 aliphatic carbocycles. The summed E-state index contributed by atoms with van der Waals surface area (Å²) in [7, 11) is 0. The first-order valence-electron chi connectivity index (χ1n) is 5.29. The highest BCUT2D eigenvalue weighted by molar-refractivity contribution is 5.08. The number of unbranched alkanes of at least 4 members (excludes halogenated alkanes) is 1. The van der Waals surface area contributed by atoms with Crippen LogP contribution in [0.1, 0.15) is 51.1 Å². The van der Waals surface area contributed by atoms with E-state index in [4.69, 9.17) is 0 Å². The summed E-state index contributed by atoms with van der Waals surface area (Å²) < 4.78 is 0. The van der Waals surface area contributed by atoms with E-state index in [1.165, 1.54) is 31.4 Å². The first kappa shape index (κ1) is 10.2. The molecular weight excluding hydrogens is 158 g/mol. The summed E-state index contributed by atoms with van der Waals surface area (Å²) in [5.74, 6) is 0.668. The van der Waals surface area contributed by atoms with Crippen LogP contribution >= 0.6 is 0 Å². The van der Waals surface area contributed by atoms with E-state index in [1.807, 2.05) is 12.3 Å². The Morgan fingerprint density at radius 3 is 2.69 bits per heavy atom. The molecule has 0 radical (unpaired) electrons. The van der Waals surface area contributed by atoms with Crippen LogP contribution in [0.3, 0.4) is 0 Å². The van der Waals surface area contributed by atoms with Crippen LogP contribution in [0.15, 0.2) is 24.4 Å². The van der Waals surface area contributed by atoms with E-state index in [0.717, 1.165) is 0 Å². The van der Waals surface area contributed by atoms with Gasteiger partial charge in [0.05, 0.1) is 0 Å². The SMILES string of the molecule is CCCCC(CC)c1ccccn1. The highest BCUT2D eigenvalue weighted by Crippen LogP contribution is 2.22. The van der Waals surface area contributed by atoms with Crippen molar-refractivity contribution in [1.29, 1.82) is 0 Å². The highest BCUT2D eigenvalue weighted by atomic mass is 14.7. The number of aromatic nitrogens is 1. The molecule has 0 aliphatic heterocycles. The van der Waals surface area contributed by atoms with Gasteiger partial charge in [0.2, 0.25) is 0 Å². The van der Waals surface area contributed by atoms with Gasteiger partial charge in [-0.1, -0.05) is 32.8 Å². The lowest BCUT2D eigenvalue weighted by Gasteiger charge is -2.12. The topological polar surface area (TPSA) is 12.9 Å². The molecule has 0 saturated carbocycles. The van der Waals surface area contributed by atoms with E-state index in [-0.39, 0.29) is 0 Å². The molecule has 1 heterocycles. The van der Waals surface area contributed by atoms with Crippen molar-refractivity contribution in [3.63, 3.8) is 0 Å². The molecule has 0 fully saturated rings. The van der Waals surface area contributed by atoms with Crippen LogP contribution < -0.4 is 0 Å². The quantitative estimate of drug-likeness (QED) is 0.667.